The summed E-state index contributed by atoms with van der Waals surface area (Å²) >= 11 is 1.12. The van der Waals surface area contributed by atoms with Crippen molar-refractivity contribution in [3.8, 4) is 17.4 Å². The largest absolute Gasteiger partial charge is 0.504 e. The van der Waals surface area contributed by atoms with Gasteiger partial charge in [-0.3, -0.25) is 9.52 Å². The van der Waals surface area contributed by atoms with Crippen LogP contribution in [0.2, 0.25) is 0 Å². The van der Waals surface area contributed by atoms with E-state index in [1.807, 2.05) is 24.4 Å². The predicted molar refractivity (Wildman–Crippen MR) is 165 cm³/mol. The maximum atomic E-state index is 13.6. The van der Waals surface area contributed by atoms with Crippen molar-refractivity contribution >= 4 is 29.5 Å². The van der Waals surface area contributed by atoms with E-state index in [1.165, 1.54) is 25.7 Å². The Hall–Kier alpha value is -3.47. The average Bonchev–Trinajstić information content (AvgIpc) is 3.94. The second kappa shape index (κ2) is 9.77. The van der Waals surface area contributed by atoms with Crippen LogP contribution in [0.25, 0.3) is 5.82 Å². The molecule has 0 radical (unpaired) electrons. The third kappa shape index (κ3) is 4.62. The number of pyridine rings is 2. The summed E-state index contributed by atoms with van der Waals surface area (Å²) in [6.45, 7) is 6.68. The van der Waals surface area contributed by atoms with Crippen LogP contribution >= 0.6 is 11.9 Å². The molecule has 3 saturated carbocycles. The normalized spacial score (nSPS) is 24.5. The highest BCUT2D eigenvalue weighted by molar-refractivity contribution is 7.97. The van der Waals surface area contributed by atoms with Crippen molar-refractivity contribution in [2.24, 2.45) is 22.7 Å². The fourth-order valence-electron chi connectivity index (χ4n) is 8.42. The second-order valence-electron chi connectivity index (χ2n) is 13.8. The Bertz CT molecular complexity index is 1560. The molecule has 10 nitrogen and oxygen atoms in total. The molecule has 4 bridgehead atoms. The Morgan fingerprint density at radius 3 is 2.70 bits per heavy atom. The Morgan fingerprint density at radius 1 is 1.09 bits per heavy atom. The third-order valence-corrected chi connectivity index (χ3v) is 11.5. The fourth-order valence-corrected chi connectivity index (χ4v) is 9.00. The van der Waals surface area contributed by atoms with Crippen LogP contribution in [0.4, 0.5) is 11.6 Å². The molecule has 1 atom stereocenters. The van der Waals surface area contributed by atoms with Gasteiger partial charge in [-0.05, 0) is 112 Å². The smallest absolute Gasteiger partial charge is 0.265 e. The van der Waals surface area contributed by atoms with E-state index in [1.54, 1.807) is 16.8 Å². The number of carbonyl (C=O) groups is 1. The number of fused-ring (bicyclic) bond motifs is 7. The summed E-state index contributed by atoms with van der Waals surface area (Å²) in [7, 11) is 0. The molecule has 1 unspecified atom stereocenters. The van der Waals surface area contributed by atoms with Crippen LogP contribution in [0.15, 0.2) is 41.6 Å². The van der Waals surface area contributed by atoms with E-state index in [0.29, 0.717) is 63.8 Å². The molecule has 2 aliphatic heterocycles. The van der Waals surface area contributed by atoms with Crippen LogP contribution in [-0.2, 0) is 0 Å². The van der Waals surface area contributed by atoms with Crippen molar-refractivity contribution in [3.05, 3.63) is 42.1 Å². The molecule has 1 amide bonds. The van der Waals surface area contributed by atoms with Crippen molar-refractivity contribution in [1.82, 2.24) is 24.5 Å². The van der Waals surface area contributed by atoms with Gasteiger partial charge in [-0.2, -0.15) is 0 Å². The molecule has 4 fully saturated rings. The van der Waals surface area contributed by atoms with Gasteiger partial charge in [-0.15, -0.1) is 5.10 Å². The molecule has 3 aromatic heterocycles. The molecule has 5 heterocycles. The lowest BCUT2D eigenvalue weighted by Gasteiger charge is -2.34. The van der Waals surface area contributed by atoms with E-state index in [2.05, 4.69) is 33.8 Å². The van der Waals surface area contributed by atoms with Gasteiger partial charge in [-0.1, -0.05) is 0 Å². The van der Waals surface area contributed by atoms with Crippen molar-refractivity contribution in [3.63, 3.8) is 0 Å². The number of hydrogen-bond donors (Lipinski definition) is 3. The van der Waals surface area contributed by atoms with Gasteiger partial charge in [0, 0.05) is 42.8 Å². The number of anilines is 2. The fraction of sp³-hybridized carbons (Fsp3) is 0.562. The van der Waals surface area contributed by atoms with Crippen molar-refractivity contribution in [2.45, 2.75) is 75.8 Å². The number of aromatic nitrogens is 4. The van der Waals surface area contributed by atoms with Gasteiger partial charge >= 0.3 is 0 Å². The molecule has 226 valence electrons. The Morgan fingerprint density at radius 2 is 1.91 bits per heavy atom. The molecule has 2 spiro atoms. The van der Waals surface area contributed by atoms with E-state index < -0.39 is 0 Å². The van der Waals surface area contributed by atoms with Gasteiger partial charge in [-0.25, -0.2) is 14.6 Å². The lowest BCUT2D eigenvalue weighted by atomic mass is 9.93. The zero-order chi connectivity index (χ0) is 29.4. The molecule has 8 rings (SSSR count). The van der Waals surface area contributed by atoms with E-state index >= 15 is 0 Å². The minimum absolute atomic E-state index is 0.101. The third-order valence-electron chi connectivity index (χ3n) is 10.8. The monoisotopic (exact) mass is 601 g/mol. The summed E-state index contributed by atoms with van der Waals surface area (Å²) in [4.78, 5) is 25.4. The Kier molecular flexibility index (Phi) is 6.16. The molecule has 3 N–H and O–H groups in total. The number of carbonyl (C=O) groups excluding carboxylic acids is 1. The van der Waals surface area contributed by atoms with Gasteiger partial charge in [0.2, 0.25) is 5.88 Å². The molecule has 5 aliphatic rings. The van der Waals surface area contributed by atoms with Crippen LogP contribution in [-0.4, -0.2) is 56.0 Å². The number of rotatable bonds is 5. The molecule has 0 aromatic carbocycles. The predicted octanol–water partition coefficient (Wildman–Crippen LogP) is 5.57. The first-order valence-electron chi connectivity index (χ1n) is 15.7. The zero-order valence-corrected chi connectivity index (χ0v) is 25.6. The van der Waals surface area contributed by atoms with Crippen LogP contribution in [0.3, 0.4) is 0 Å². The first-order valence-corrected chi connectivity index (χ1v) is 16.5. The van der Waals surface area contributed by atoms with Crippen LogP contribution in [0.5, 0.6) is 11.6 Å². The first kappa shape index (κ1) is 27.1. The SMILES string of the molecule is CC1(C)CC2CCCNc3nc(ccc3O)SNC(=O)c3ccc(-n4ccc(OCCC5C6(CC6)C56CC6)n4)nc3N1C2. The topological polar surface area (TPSA) is 117 Å². The summed E-state index contributed by atoms with van der Waals surface area (Å²) in [5.41, 5.74) is 1.72. The number of aromatic hydroxyl groups is 1. The van der Waals surface area contributed by atoms with Gasteiger partial charge in [0.1, 0.15) is 10.8 Å². The van der Waals surface area contributed by atoms with Gasteiger partial charge in [0.25, 0.3) is 5.91 Å². The molecule has 43 heavy (non-hydrogen) atoms. The van der Waals surface area contributed by atoms with Gasteiger partial charge in [0.15, 0.2) is 17.4 Å². The first-order chi connectivity index (χ1) is 20.8. The Balaban J connectivity index is 1.04. The molecule has 11 heteroatoms. The maximum Gasteiger partial charge on any atom is 0.265 e. The minimum Gasteiger partial charge on any atom is -0.504 e. The lowest BCUT2D eigenvalue weighted by molar-refractivity contribution is 0.0984. The summed E-state index contributed by atoms with van der Waals surface area (Å²) in [6, 6.07) is 8.87. The van der Waals surface area contributed by atoms with Gasteiger partial charge < -0.3 is 20.1 Å². The maximum absolute atomic E-state index is 13.6. The van der Waals surface area contributed by atoms with E-state index in [-0.39, 0.29) is 17.2 Å². The van der Waals surface area contributed by atoms with Crippen LogP contribution in [0, 0.1) is 22.7 Å². The number of ether oxygens (including phenoxy) is 1. The highest BCUT2D eigenvalue weighted by Crippen LogP contribution is 2.93. The number of nitrogens with one attached hydrogen (secondary N) is 2. The van der Waals surface area contributed by atoms with Crippen LogP contribution in [0.1, 0.15) is 75.6 Å². The summed E-state index contributed by atoms with van der Waals surface area (Å²) in [5, 5.41) is 18.8. The summed E-state index contributed by atoms with van der Waals surface area (Å²) < 4.78 is 10.8. The van der Waals surface area contributed by atoms with Crippen molar-refractivity contribution in [2.75, 3.05) is 29.9 Å². The van der Waals surface area contributed by atoms with Gasteiger partial charge in [0.05, 0.1) is 12.2 Å². The quantitative estimate of drug-likeness (QED) is 0.323. The van der Waals surface area contributed by atoms with Crippen molar-refractivity contribution in [1.29, 1.82) is 0 Å². The summed E-state index contributed by atoms with van der Waals surface area (Å²) in [5.74, 6) is 3.51. The molecular weight excluding hydrogens is 562 g/mol. The summed E-state index contributed by atoms with van der Waals surface area (Å²) in [6.07, 6.45) is 11.7. The second-order valence-corrected chi connectivity index (χ2v) is 14.6. The molecule has 3 aromatic rings. The standard InChI is InChI=1S/C32H39N7O3S/c1-30(2)18-20-4-3-15-33-27-22(40)6-8-26(35-27)43-37-29(41)21-5-7-24(34-28(21)38(30)19-20)39-16-9-25(36-39)42-17-10-23-31(11-12-31)32(23)13-14-32/h5-9,16,20,23,40H,3-4,10-15,17-19H2,1-2H3,(H,33,35)(H,37,41). The van der Waals surface area contributed by atoms with E-state index in [0.717, 1.165) is 50.1 Å². The number of amides is 1. The Labute approximate surface area is 256 Å². The van der Waals surface area contributed by atoms with E-state index in [4.69, 9.17) is 14.8 Å². The minimum atomic E-state index is -0.246. The highest BCUT2D eigenvalue weighted by atomic mass is 32.2. The molecule has 3 aliphatic carbocycles. The average molecular weight is 602 g/mol. The van der Waals surface area contributed by atoms with Crippen LogP contribution < -0.4 is 19.7 Å². The number of nitrogens with zero attached hydrogens (tertiary/aromatic N) is 5. The number of hydrogen-bond acceptors (Lipinski definition) is 9. The highest BCUT2D eigenvalue weighted by Gasteiger charge is 2.85. The van der Waals surface area contributed by atoms with E-state index in [9.17, 15) is 9.90 Å². The molecular formula is C32H39N7O3S. The van der Waals surface area contributed by atoms with Crippen molar-refractivity contribution < 1.29 is 14.6 Å². The molecule has 1 saturated heterocycles. The zero-order valence-electron chi connectivity index (χ0n) is 24.8. The lowest BCUT2D eigenvalue weighted by Crippen LogP contribution is -2.40.